The van der Waals surface area contributed by atoms with E-state index >= 15 is 0 Å². The Morgan fingerprint density at radius 3 is 2.52 bits per heavy atom. The van der Waals surface area contributed by atoms with Crippen molar-refractivity contribution in [2.24, 2.45) is 11.8 Å². The largest absolute Gasteiger partial charge is 0.352 e. The Bertz CT molecular complexity index is 1140. The van der Waals surface area contributed by atoms with Crippen LogP contribution in [0.5, 0.6) is 0 Å². The predicted octanol–water partition coefficient (Wildman–Crippen LogP) is 4.44. The molecule has 2 fully saturated rings. The lowest BCUT2D eigenvalue weighted by atomic mass is 9.91. The molecule has 4 atom stereocenters. The van der Waals surface area contributed by atoms with Crippen LogP contribution in [0.1, 0.15) is 35.6 Å². The third-order valence-electron chi connectivity index (χ3n) is 7.83. The standard InChI is InChI=1S/C27H33N5S/c1-18-3-5-19(6-4-18)26-23(20-7-8-25-24(13-20)29-17-33-25)16-31(2)27(30-26)32-11-9-21-14-28-15-22(21)10-12-32/h3-8,13,16-17,21-22,26-28,30H,9-12,14-15H2,1-2H3. The monoisotopic (exact) mass is 459 g/mol. The van der Waals surface area contributed by atoms with Crippen LogP contribution in [0.2, 0.25) is 0 Å². The van der Waals surface area contributed by atoms with Crippen molar-refractivity contribution in [3.05, 3.63) is 70.9 Å². The first kappa shape index (κ1) is 21.3. The molecule has 2 N–H and O–H groups in total. The van der Waals surface area contributed by atoms with Gasteiger partial charge in [-0.2, -0.15) is 0 Å². The van der Waals surface area contributed by atoms with Crippen LogP contribution in [0, 0.1) is 18.8 Å². The number of aromatic nitrogens is 1. The molecule has 6 rings (SSSR count). The maximum atomic E-state index is 4.57. The number of hydrogen-bond acceptors (Lipinski definition) is 6. The van der Waals surface area contributed by atoms with Gasteiger partial charge in [0.1, 0.15) is 6.29 Å². The zero-order valence-corrected chi connectivity index (χ0v) is 20.3. The Balaban J connectivity index is 1.34. The van der Waals surface area contributed by atoms with Crippen molar-refractivity contribution >= 4 is 27.1 Å². The molecule has 3 aliphatic rings. The number of thiazole rings is 1. The zero-order valence-electron chi connectivity index (χ0n) is 19.5. The molecule has 33 heavy (non-hydrogen) atoms. The fraction of sp³-hybridized carbons (Fsp3) is 0.444. The first-order valence-electron chi connectivity index (χ1n) is 12.2. The van der Waals surface area contributed by atoms with Crippen LogP contribution < -0.4 is 10.6 Å². The fourth-order valence-electron chi connectivity index (χ4n) is 5.88. The Hall–Kier alpha value is -2.25. The first-order chi connectivity index (χ1) is 16.2. The second-order valence-corrected chi connectivity index (χ2v) is 10.8. The molecule has 6 heteroatoms. The summed E-state index contributed by atoms with van der Waals surface area (Å²) in [6.45, 7) is 6.85. The lowest BCUT2D eigenvalue weighted by Gasteiger charge is -2.44. The molecule has 1 aromatic heterocycles. The fourth-order valence-corrected chi connectivity index (χ4v) is 6.54. The number of hydrogen-bond donors (Lipinski definition) is 2. The van der Waals surface area contributed by atoms with Crippen LogP contribution in [0.3, 0.4) is 0 Å². The average Bonchev–Trinajstić information content (AvgIpc) is 3.44. The molecule has 0 spiro atoms. The molecule has 0 bridgehead atoms. The molecule has 0 amide bonds. The van der Waals surface area contributed by atoms with Gasteiger partial charge in [0, 0.05) is 26.3 Å². The van der Waals surface area contributed by atoms with Crippen molar-refractivity contribution in [2.45, 2.75) is 32.1 Å². The summed E-state index contributed by atoms with van der Waals surface area (Å²) in [5, 5.41) is 7.65. The lowest BCUT2D eigenvalue weighted by molar-refractivity contribution is 0.0533. The number of nitrogens with one attached hydrogen (secondary N) is 2. The van der Waals surface area contributed by atoms with Crippen molar-refractivity contribution < 1.29 is 0 Å². The van der Waals surface area contributed by atoms with Gasteiger partial charge in [0.15, 0.2) is 0 Å². The van der Waals surface area contributed by atoms with Gasteiger partial charge in [0.25, 0.3) is 0 Å². The minimum atomic E-state index is 0.146. The van der Waals surface area contributed by atoms with Gasteiger partial charge < -0.3 is 10.2 Å². The van der Waals surface area contributed by atoms with Gasteiger partial charge in [-0.1, -0.05) is 35.9 Å². The minimum absolute atomic E-state index is 0.146. The summed E-state index contributed by atoms with van der Waals surface area (Å²) in [6, 6.07) is 15.9. The van der Waals surface area contributed by atoms with Crippen LogP contribution in [0.25, 0.3) is 15.8 Å². The summed E-state index contributed by atoms with van der Waals surface area (Å²) in [6.07, 6.45) is 5.15. The molecule has 172 valence electrons. The van der Waals surface area contributed by atoms with Crippen molar-refractivity contribution in [1.82, 2.24) is 25.4 Å². The van der Waals surface area contributed by atoms with Crippen LogP contribution in [-0.4, -0.2) is 54.3 Å². The topological polar surface area (TPSA) is 43.4 Å². The molecule has 5 nitrogen and oxygen atoms in total. The molecule has 0 aliphatic carbocycles. The second-order valence-electron chi connectivity index (χ2n) is 9.96. The summed E-state index contributed by atoms with van der Waals surface area (Å²) in [4.78, 5) is 9.62. The van der Waals surface area contributed by atoms with E-state index in [0.29, 0.717) is 0 Å². The van der Waals surface area contributed by atoms with Crippen molar-refractivity contribution in [3.8, 4) is 0 Å². The van der Waals surface area contributed by atoms with Crippen LogP contribution in [0.4, 0.5) is 0 Å². The van der Waals surface area contributed by atoms with E-state index < -0.39 is 0 Å². The Kier molecular flexibility index (Phi) is 5.70. The van der Waals surface area contributed by atoms with E-state index in [1.54, 1.807) is 11.3 Å². The summed E-state index contributed by atoms with van der Waals surface area (Å²) >= 11 is 1.70. The number of nitrogens with zero attached hydrogens (tertiary/aromatic N) is 3. The predicted molar refractivity (Wildman–Crippen MR) is 137 cm³/mol. The van der Waals surface area contributed by atoms with Gasteiger partial charge in [-0.3, -0.25) is 10.2 Å². The zero-order chi connectivity index (χ0) is 22.4. The number of aryl methyl sites for hydroxylation is 1. The molecule has 4 heterocycles. The van der Waals surface area contributed by atoms with Crippen LogP contribution in [0.15, 0.2) is 54.2 Å². The molecule has 3 aromatic rings. The lowest BCUT2D eigenvalue weighted by Crippen LogP contribution is -2.57. The highest BCUT2D eigenvalue weighted by molar-refractivity contribution is 7.16. The molecular formula is C27H33N5S. The third-order valence-corrected chi connectivity index (χ3v) is 8.64. The summed E-state index contributed by atoms with van der Waals surface area (Å²) in [5.74, 6) is 1.68. The average molecular weight is 460 g/mol. The first-order valence-corrected chi connectivity index (χ1v) is 13.1. The SMILES string of the molecule is Cc1ccc(C2NC(N3CCC4CNCC4CC3)N(C)C=C2c2ccc3scnc3c2)cc1. The van der Waals surface area contributed by atoms with E-state index in [2.05, 4.69) is 88.1 Å². The highest BCUT2D eigenvalue weighted by atomic mass is 32.1. The van der Waals surface area contributed by atoms with Crippen LogP contribution in [-0.2, 0) is 0 Å². The maximum Gasteiger partial charge on any atom is 0.137 e. The van der Waals surface area contributed by atoms with Gasteiger partial charge in [-0.05, 0) is 73.5 Å². The summed E-state index contributed by atoms with van der Waals surface area (Å²) in [7, 11) is 2.22. The highest BCUT2D eigenvalue weighted by Gasteiger charge is 2.36. The van der Waals surface area contributed by atoms with Gasteiger partial charge >= 0.3 is 0 Å². The molecule has 2 aromatic carbocycles. The van der Waals surface area contributed by atoms with E-state index in [4.69, 9.17) is 0 Å². The van der Waals surface area contributed by atoms with Crippen LogP contribution >= 0.6 is 11.3 Å². The number of likely N-dealkylation sites (tertiary alicyclic amines) is 1. The highest BCUT2D eigenvalue weighted by Crippen LogP contribution is 2.37. The number of fused-ring (bicyclic) bond motifs is 2. The Morgan fingerprint density at radius 1 is 1.00 bits per heavy atom. The van der Waals surface area contributed by atoms with Gasteiger partial charge in [0.05, 0.1) is 21.8 Å². The van der Waals surface area contributed by atoms with E-state index in [-0.39, 0.29) is 12.3 Å². The second kappa shape index (κ2) is 8.84. The van der Waals surface area contributed by atoms with Crippen molar-refractivity contribution in [2.75, 3.05) is 33.2 Å². The van der Waals surface area contributed by atoms with Gasteiger partial charge in [0.2, 0.25) is 0 Å². The van der Waals surface area contributed by atoms with Crippen molar-refractivity contribution in [1.29, 1.82) is 0 Å². The van der Waals surface area contributed by atoms with Crippen molar-refractivity contribution in [3.63, 3.8) is 0 Å². The van der Waals surface area contributed by atoms with E-state index in [0.717, 1.165) is 30.4 Å². The quantitative estimate of drug-likeness (QED) is 0.606. The van der Waals surface area contributed by atoms with E-state index in [9.17, 15) is 0 Å². The molecule has 2 saturated heterocycles. The molecular weight excluding hydrogens is 426 g/mol. The summed E-state index contributed by atoms with van der Waals surface area (Å²) in [5.41, 5.74) is 8.19. The number of benzene rings is 2. The molecule has 0 saturated carbocycles. The third kappa shape index (κ3) is 4.10. The van der Waals surface area contributed by atoms with E-state index in [1.165, 1.54) is 52.9 Å². The number of rotatable bonds is 3. The normalized spacial score (nSPS) is 28.5. The molecule has 3 aliphatic heterocycles. The molecule has 4 unspecified atom stereocenters. The van der Waals surface area contributed by atoms with Gasteiger partial charge in [-0.25, -0.2) is 4.98 Å². The molecule has 0 radical (unpaired) electrons. The van der Waals surface area contributed by atoms with E-state index in [1.807, 2.05) is 5.51 Å². The van der Waals surface area contributed by atoms with Gasteiger partial charge in [-0.15, -0.1) is 11.3 Å². The Morgan fingerprint density at radius 2 is 1.76 bits per heavy atom. The smallest absolute Gasteiger partial charge is 0.137 e. The summed E-state index contributed by atoms with van der Waals surface area (Å²) < 4.78 is 1.24. The Labute approximate surface area is 200 Å². The minimum Gasteiger partial charge on any atom is -0.352 e. The maximum absolute atomic E-state index is 4.57.